The minimum absolute atomic E-state index is 0.0531. The van der Waals surface area contributed by atoms with Crippen LogP contribution in [0.2, 0.25) is 0 Å². The molecular formula is C16H19BrN2O3S. The van der Waals surface area contributed by atoms with Gasteiger partial charge in [0.2, 0.25) is 0 Å². The molecule has 0 spiro atoms. The second-order valence-corrected chi connectivity index (χ2v) is 6.55. The highest BCUT2D eigenvalue weighted by Crippen LogP contribution is 2.37. The number of hydrogen-bond acceptors (Lipinski definition) is 5. The van der Waals surface area contributed by atoms with Gasteiger partial charge in [-0.05, 0) is 56.3 Å². The highest BCUT2D eigenvalue weighted by Gasteiger charge is 2.32. The fourth-order valence-corrected chi connectivity index (χ4v) is 3.66. The van der Waals surface area contributed by atoms with Crippen molar-refractivity contribution in [1.82, 2.24) is 4.90 Å². The lowest BCUT2D eigenvalue weighted by molar-refractivity contribution is -0.122. The van der Waals surface area contributed by atoms with Gasteiger partial charge in [-0.3, -0.25) is 14.7 Å². The minimum atomic E-state index is -0.0531. The summed E-state index contributed by atoms with van der Waals surface area (Å²) in [6, 6.07) is 3.29. The summed E-state index contributed by atoms with van der Waals surface area (Å²) in [7, 11) is 0. The Bertz CT molecular complexity index is 674. The Morgan fingerprint density at radius 3 is 2.74 bits per heavy atom. The molecule has 0 aliphatic carbocycles. The van der Waals surface area contributed by atoms with Crippen LogP contribution in [-0.2, 0) is 4.79 Å². The van der Waals surface area contributed by atoms with Gasteiger partial charge < -0.3 is 9.84 Å². The quantitative estimate of drug-likeness (QED) is 0.764. The van der Waals surface area contributed by atoms with Crippen LogP contribution in [0.15, 0.2) is 26.5 Å². The summed E-state index contributed by atoms with van der Waals surface area (Å²) < 4.78 is 6.10. The molecule has 1 N–H and O–H groups in total. The van der Waals surface area contributed by atoms with E-state index in [1.807, 2.05) is 20.8 Å². The first-order valence-corrected chi connectivity index (χ1v) is 9.03. The minimum Gasteiger partial charge on any atom is -0.504 e. The third-order valence-corrected chi connectivity index (χ3v) is 4.89. The number of benzene rings is 1. The van der Waals surface area contributed by atoms with Crippen LogP contribution >= 0.6 is 27.7 Å². The largest absolute Gasteiger partial charge is 0.504 e. The average molecular weight is 399 g/mol. The number of halogens is 1. The summed E-state index contributed by atoms with van der Waals surface area (Å²) in [6.45, 7) is 7.40. The van der Waals surface area contributed by atoms with Gasteiger partial charge in [0.25, 0.3) is 5.91 Å². The number of carbonyl (C=O) groups excluding carboxylic acids is 1. The topological polar surface area (TPSA) is 62.1 Å². The molecule has 0 atom stereocenters. The van der Waals surface area contributed by atoms with Gasteiger partial charge in [-0.15, -0.1) is 0 Å². The molecule has 1 amide bonds. The number of amides is 1. The second kappa shape index (κ2) is 7.88. The second-order valence-electron chi connectivity index (χ2n) is 4.69. The zero-order valence-electron chi connectivity index (χ0n) is 13.3. The first-order chi connectivity index (χ1) is 11.0. The highest BCUT2D eigenvalue weighted by atomic mass is 79.9. The number of ether oxygens (including phenoxy) is 1. The van der Waals surface area contributed by atoms with Crippen molar-refractivity contribution in [3.63, 3.8) is 0 Å². The molecule has 23 heavy (non-hydrogen) atoms. The van der Waals surface area contributed by atoms with Crippen LogP contribution < -0.4 is 4.74 Å². The molecule has 1 saturated heterocycles. The first kappa shape index (κ1) is 17.9. The zero-order valence-corrected chi connectivity index (χ0v) is 15.7. The van der Waals surface area contributed by atoms with Crippen LogP contribution in [0.4, 0.5) is 0 Å². The smallest absolute Gasteiger partial charge is 0.266 e. The van der Waals surface area contributed by atoms with Crippen molar-refractivity contribution in [3.05, 3.63) is 27.1 Å². The van der Waals surface area contributed by atoms with E-state index in [4.69, 9.17) is 4.74 Å². The number of rotatable bonds is 5. The van der Waals surface area contributed by atoms with Gasteiger partial charge in [-0.1, -0.05) is 15.9 Å². The molecule has 1 aliphatic heterocycles. The monoisotopic (exact) mass is 398 g/mol. The summed E-state index contributed by atoms with van der Waals surface area (Å²) >= 11 is 4.78. The van der Waals surface area contributed by atoms with Gasteiger partial charge in [-0.2, -0.15) is 0 Å². The number of carbonyl (C=O) groups is 1. The molecule has 1 aromatic rings. The third-order valence-electron chi connectivity index (χ3n) is 3.16. The molecule has 5 nitrogen and oxygen atoms in total. The molecule has 0 bridgehead atoms. The maximum Gasteiger partial charge on any atom is 0.266 e. The molecule has 7 heteroatoms. The fraction of sp³-hybridized carbons (Fsp3) is 0.375. The van der Waals surface area contributed by atoms with Crippen LogP contribution in [0.3, 0.4) is 0 Å². The Morgan fingerprint density at radius 2 is 2.13 bits per heavy atom. The molecular weight excluding hydrogens is 380 g/mol. The normalized spacial score (nSPS) is 18.3. The van der Waals surface area contributed by atoms with E-state index in [9.17, 15) is 9.90 Å². The molecule has 0 saturated carbocycles. The van der Waals surface area contributed by atoms with Gasteiger partial charge >= 0.3 is 0 Å². The summed E-state index contributed by atoms with van der Waals surface area (Å²) in [5.41, 5.74) is 0.774. The van der Waals surface area contributed by atoms with Crippen LogP contribution in [-0.4, -0.2) is 40.8 Å². The van der Waals surface area contributed by atoms with E-state index in [1.165, 1.54) is 11.8 Å². The Hall–Kier alpha value is -1.47. The van der Waals surface area contributed by atoms with E-state index in [1.54, 1.807) is 23.1 Å². The first-order valence-electron chi connectivity index (χ1n) is 7.42. The van der Waals surface area contributed by atoms with Crippen molar-refractivity contribution < 1.29 is 14.6 Å². The molecule has 2 rings (SSSR count). The fourth-order valence-electron chi connectivity index (χ4n) is 2.12. The summed E-state index contributed by atoms with van der Waals surface area (Å²) in [5, 5.41) is 10.6. The molecule has 1 heterocycles. The Balaban J connectivity index is 2.40. The number of nitrogens with zero attached hydrogens (tertiary/aromatic N) is 2. The lowest BCUT2D eigenvalue weighted by atomic mass is 10.2. The van der Waals surface area contributed by atoms with E-state index in [2.05, 4.69) is 20.9 Å². The summed E-state index contributed by atoms with van der Waals surface area (Å²) in [5.74, 6) is 0.408. The molecule has 0 aromatic heterocycles. The Labute approximate surface area is 148 Å². The van der Waals surface area contributed by atoms with E-state index >= 15 is 0 Å². The number of likely N-dealkylation sites (N-methyl/N-ethyl adjacent to an activating group) is 1. The number of aliphatic imine (C=N–C) groups is 1. The summed E-state index contributed by atoms with van der Waals surface area (Å²) in [4.78, 5) is 19.1. The molecule has 0 radical (unpaired) electrons. The lowest BCUT2D eigenvalue weighted by Crippen LogP contribution is -2.28. The van der Waals surface area contributed by atoms with E-state index in [0.717, 1.165) is 10.7 Å². The number of phenolic OH excluding ortho intramolecular Hbond substituents is 1. The molecule has 124 valence electrons. The van der Waals surface area contributed by atoms with Crippen LogP contribution in [0, 0.1) is 0 Å². The van der Waals surface area contributed by atoms with Crippen molar-refractivity contribution in [2.45, 2.75) is 20.8 Å². The number of amidine groups is 1. The summed E-state index contributed by atoms with van der Waals surface area (Å²) in [6.07, 6.45) is 1.79. The number of aromatic hydroxyl groups is 1. The Kier molecular flexibility index (Phi) is 6.12. The van der Waals surface area contributed by atoms with Crippen molar-refractivity contribution in [2.24, 2.45) is 4.99 Å². The van der Waals surface area contributed by atoms with Gasteiger partial charge in [0, 0.05) is 17.6 Å². The van der Waals surface area contributed by atoms with Gasteiger partial charge in [-0.25, -0.2) is 0 Å². The van der Waals surface area contributed by atoms with Gasteiger partial charge in [0.05, 0.1) is 11.5 Å². The van der Waals surface area contributed by atoms with E-state index in [0.29, 0.717) is 34.8 Å². The van der Waals surface area contributed by atoms with Crippen LogP contribution in [0.1, 0.15) is 26.3 Å². The molecule has 1 aliphatic rings. The van der Waals surface area contributed by atoms with Crippen molar-refractivity contribution in [1.29, 1.82) is 0 Å². The van der Waals surface area contributed by atoms with Gasteiger partial charge in [0.15, 0.2) is 16.7 Å². The highest BCUT2D eigenvalue weighted by molar-refractivity contribution is 9.10. The van der Waals surface area contributed by atoms with Crippen LogP contribution in [0.5, 0.6) is 11.5 Å². The standard InChI is InChI=1S/C16H19BrN2O3S/c1-4-18-16-19(5-2)15(21)14(23-16)8-10-7-13(22-6-3)12(20)9-11(10)17/h7-9,20H,4-6H2,1-3H3. The lowest BCUT2D eigenvalue weighted by Gasteiger charge is -2.11. The SMILES string of the molecule is CCN=C1SC(=Cc2cc(OCC)c(O)cc2Br)C(=O)N1CC. The van der Waals surface area contributed by atoms with Crippen LogP contribution in [0.25, 0.3) is 6.08 Å². The molecule has 1 fully saturated rings. The molecule has 1 aromatic carbocycles. The number of phenols is 1. The molecule has 0 unspecified atom stereocenters. The van der Waals surface area contributed by atoms with Crippen molar-refractivity contribution >= 4 is 44.8 Å². The Morgan fingerprint density at radius 1 is 1.39 bits per heavy atom. The van der Waals surface area contributed by atoms with Crippen molar-refractivity contribution in [2.75, 3.05) is 19.7 Å². The van der Waals surface area contributed by atoms with E-state index in [-0.39, 0.29) is 11.7 Å². The predicted molar refractivity (Wildman–Crippen MR) is 97.9 cm³/mol. The zero-order chi connectivity index (χ0) is 17.0. The maximum absolute atomic E-state index is 12.5. The number of hydrogen-bond donors (Lipinski definition) is 1. The van der Waals surface area contributed by atoms with Gasteiger partial charge in [0.1, 0.15) is 0 Å². The average Bonchev–Trinajstić information content (AvgIpc) is 2.80. The number of thioether (sulfide) groups is 1. The predicted octanol–water partition coefficient (Wildman–Crippen LogP) is 3.87. The third kappa shape index (κ3) is 3.90. The van der Waals surface area contributed by atoms with E-state index < -0.39 is 0 Å². The van der Waals surface area contributed by atoms with Crippen molar-refractivity contribution in [3.8, 4) is 11.5 Å². The maximum atomic E-state index is 12.5.